The normalized spacial score (nSPS) is 30.9. The molecule has 6 atom stereocenters. The standard InChI is InChI=1S/C27H35ClN2O5S2/c1-16(26(32)30-10-12-35-13-11-30)20-8-9-27(3)14-21-24(17(2)23(27)25(20)31)29-22(36-21)15-37(33,34)19-6-4-18(28)5-7-19/h4-7,16-17,20,23,25,31H,8-15H2,1-3H3. The van der Waals surface area contributed by atoms with Gasteiger partial charge in [-0.15, -0.1) is 11.3 Å². The Labute approximate surface area is 228 Å². The Bertz CT molecular complexity index is 1260. The summed E-state index contributed by atoms with van der Waals surface area (Å²) in [6, 6.07) is 6.22. The number of benzene rings is 1. The molecule has 1 N–H and O–H groups in total. The number of amides is 1. The predicted octanol–water partition coefficient (Wildman–Crippen LogP) is 4.32. The van der Waals surface area contributed by atoms with Gasteiger partial charge in [0.1, 0.15) is 10.8 Å². The summed E-state index contributed by atoms with van der Waals surface area (Å²) in [6.45, 7) is 8.61. The molecule has 0 bridgehead atoms. The van der Waals surface area contributed by atoms with Gasteiger partial charge in [0.05, 0.1) is 29.9 Å². The number of morpholine rings is 1. The van der Waals surface area contributed by atoms with E-state index in [0.717, 1.165) is 29.8 Å². The van der Waals surface area contributed by atoms with Crippen molar-refractivity contribution in [2.75, 3.05) is 26.3 Å². The molecule has 7 nitrogen and oxygen atoms in total. The highest BCUT2D eigenvalue weighted by Gasteiger charge is 2.54. The average Bonchev–Trinajstić information content (AvgIpc) is 3.25. The predicted molar refractivity (Wildman–Crippen MR) is 143 cm³/mol. The minimum Gasteiger partial charge on any atom is -0.392 e. The Morgan fingerprint density at radius 2 is 1.97 bits per heavy atom. The Morgan fingerprint density at radius 1 is 1.30 bits per heavy atom. The minimum absolute atomic E-state index is 0.0273. The number of nitrogens with zero attached hydrogens (tertiary/aromatic N) is 2. The van der Waals surface area contributed by atoms with E-state index < -0.39 is 15.9 Å². The van der Waals surface area contributed by atoms with Crippen molar-refractivity contribution >= 4 is 38.7 Å². The van der Waals surface area contributed by atoms with E-state index in [9.17, 15) is 18.3 Å². The van der Waals surface area contributed by atoms with Gasteiger partial charge in [0.15, 0.2) is 9.84 Å². The second kappa shape index (κ2) is 10.2. The molecule has 1 saturated heterocycles. The van der Waals surface area contributed by atoms with E-state index in [0.29, 0.717) is 36.3 Å². The fourth-order valence-corrected chi connectivity index (χ4v) is 9.90. The Morgan fingerprint density at radius 3 is 2.65 bits per heavy atom. The van der Waals surface area contributed by atoms with Crippen LogP contribution in [-0.2, 0) is 31.5 Å². The quantitative estimate of drug-likeness (QED) is 0.579. The van der Waals surface area contributed by atoms with Crippen LogP contribution in [0.3, 0.4) is 0 Å². The molecule has 2 aliphatic carbocycles. The Balaban J connectivity index is 1.36. The van der Waals surface area contributed by atoms with Gasteiger partial charge in [0, 0.05) is 34.8 Å². The summed E-state index contributed by atoms with van der Waals surface area (Å²) < 4.78 is 31.4. The molecular weight excluding hydrogens is 532 g/mol. The lowest BCUT2D eigenvalue weighted by Gasteiger charge is -2.53. The molecule has 1 aromatic carbocycles. The lowest BCUT2D eigenvalue weighted by Crippen LogP contribution is -2.54. The first kappa shape index (κ1) is 27.1. The van der Waals surface area contributed by atoms with E-state index in [-0.39, 0.29) is 45.6 Å². The molecule has 1 saturated carbocycles. The highest BCUT2D eigenvalue weighted by molar-refractivity contribution is 7.90. The van der Waals surface area contributed by atoms with Crippen LogP contribution in [0.25, 0.3) is 0 Å². The molecule has 1 amide bonds. The number of carbonyl (C=O) groups is 1. The van der Waals surface area contributed by atoms with Crippen LogP contribution in [0.2, 0.25) is 5.02 Å². The van der Waals surface area contributed by atoms with E-state index in [4.69, 9.17) is 21.3 Å². The summed E-state index contributed by atoms with van der Waals surface area (Å²) in [5, 5.41) is 12.8. The molecule has 2 aromatic rings. The third-order valence-electron chi connectivity index (χ3n) is 8.81. The topological polar surface area (TPSA) is 96.8 Å². The number of hydrogen-bond donors (Lipinski definition) is 1. The first-order valence-corrected chi connectivity index (χ1v) is 15.9. The van der Waals surface area contributed by atoms with Crippen LogP contribution in [0.4, 0.5) is 0 Å². The van der Waals surface area contributed by atoms with Gasteiger partial charge in [0.25, 0.3) is 0 Å². The van der Waals surface area contributed by atoms with Crippen molar-refractivity contribution in [1.82, 2.24) is 9.88 Å². The van der Waals surface area contributed by atoms with Gasteiger partial charge >= 0.3 is 0 Å². The number of hydrogen-bond acceptors (Lipinski definition) is 7. The first-order valence-electron chi connectivity index (χ1n) is 13.0. The van der Waals surface area contributed by atoms with Crippen molar-refractivity contribution in [3.63, 3.8) is 0 Å². The molecule has 10 heteroatoms. The molecule has 202 valence electrons. The highest BCUT2D eigenvalue weighted by atomic mass is 35.5. The van der Waals surface area contributed by atoms with Gasteiger partial charge in [0.2, 0.25) is 5.91 Å². The van der Waals surface area contributed by atoms with Crippen molar-refractivity contribution in [2.45, 2.75) is 62.7 Å². The first-order chi connectivity index (χ1) is 17.5. The maximum absolute atomic E-state index is 13.2. The number of ether oxygens (including phenoxy) is 1. The molecule has 2 heterocycles. The summed E-state index contributed by atoms with van der Waals surface area (Å²) in [5.41, 5.74) is 0.781. The molecule has 0 radical (unpaired) electrons. The zero-order valence-corrected chi connectivity index (χ0v) is 23.9. The van der Waals surface area contributed by atoms with Gasteiger partial charge in [-0.1, -0.05) is 32.4 Å². The highest BCUT2D eigenvalue weighted by Crippen LogP contribution is 2.57. The smallest absolute Gasteiger partial charge is 0.225 e. The lowest BCUT2D eigenvalue weighted by atomic mass is 9.53. The number of rotatable bonds is 5. The largest absolute Gasteiger partial charge is 0.392 e. The number of carbonyl (C=O) groups excluding carboxylic acids is 1. The SMILES string of the molecule is CC(C(=O)N1CCOCC1)C1CCC2(C)Cc3sc(CS(=O)(=O)c4ccc(Cl)cc4)nc3C(C)C2C1O. The number of aliphatic hydroxyl groups is 1. The van der Waals surface area contributed by atoms with Crippen LogP contribution >= 0.6 is 22.9 Å². The number of aliphatic hydroxyl groups excluding tert-OH is 1. The van der Waals surface area contributed by atoms with Crippen LogP contribution in [0.15, 0.2) is 29.2 Å². The third kappa shape index (κ3) is 5.10. The Hall–Kier alpha value is -1.52. The molecule has 2 fully saturated rings. The van der Waals surface area contributed by atoms with E-state index in [1.54, 1.807) is 12.1 Å². The van der Waals surface area contributed by atoms with E-state index >= 15 is 0 Å². The number of fused-ring (bicyclic) bond motifs is 2. The van der Waals surface area contributed by atoms with Crippen molar-refractivity contribution < 1.29 is 23.1 Å². The molecule has 0 spiro atoms. The zero-order valence-electron chi connectivity index (χ0n) is 21.5. The van der Waals surface area contributed by atoms with E-state index in [1.165, 1.54) is 23.5 Å². The number of aromatic nitrogens is 1. The Kier molecular flexibility index (Phi) is 7.48. The monoisotopic (exact) mass is 566 g/mol. The van der Waals surface area contributed by atoms with Crippen LogP contribution in [0.1, 0.15) is 55.1 Å². The second-order valence-corrected chi connectivity index (χ2v) is 14.8. The molecule has 5 rings (SSSR count). The van der Waals surface area contributed by atoms with Gasteiger partial charge in [-0.3, -0.25) is 4.79 Å². The van der Waals surface area contributed by atoms with Crippen LogP contribution in [0.5, 0.6) is 0 Å². The summed E-state index contributed by atoms with van der Waals surface area (Å²) >= 11 is 7.41. The molecule has 37 heavy (non-hydrogen) atoms. The van der Waals surface area contributed by atoms with Crippen LogP contribution in [0, 0.1) is 23.2 Å². The molecule has 1 aliphatic heterocycles. The van der Waals surface area contributed by atoms with Gasteiger partial charge in [-0.05, 0) is 60.8 Å². The van der Waals surface area contributed by atoms with Crippen molar-refractivity contribution in [2.24, 2.45) is 23.2 Å². The molecular formula is C27H35ClN2O5S2. The minimum atomic E-state index is -3.55. The van der Waals surface area contributed by atoms with E-state index in [2.05, 4.69) is 13.8 Å². The molecule has 6 unspecified atom stereocenters. The maximum atomic E-state index is 13.2. The maximum Gasteiger partial charge on any atom is 0.225 e. The summed E-state index contributed by atoms with van der Waals surface area (Å²) in [7, 11) is -3.55. The fraction of sp³-hybridized carbons (Fsp3) is 0.630. The van der Waals surface area contributed by atoms with Gasteiger partial charge in [-0.2, -0.15) is 0 Å². The lowest BCUT2D eigenvalue weighted by molar-refractivity contribution is -0.148. The van der Waals surface area contributed by atoms with Gasteiger partial charge < -0.3 is 14.7 Å². The summed E-state index contributed by atoms with van der Waals surface area (Å²) in [6.07, 6.45) is 1.86. The zero-order chi connectivity index (χ0) is 26.5. The second-order valence-electron chi connectivity index (χ2n) is 11.2. The number of sulfone groups is 1. The third-order valence-corrected chi connectivity index (χ3v) is 12.0. The summed E-state index contributed by atoms with van der Waals surface area (Å²) in [5.74, 6) is -0.496. The van der Waals surface area contributed by atoms with Crippen molar-refractivity contribution in [1.29, 1.82) is 0 Å². The van der Waals surface area contributed by atoms with Crippen LogP contribution in [-0.4, -0.2) is 61.7 Å². The van der Waals surface area contributed by atoms with Crippen LogP contribution < -0.4 is 0 Å². The van der Waals surface area contributed by atoms with E-state index in [1.807, 2.05) is 11.8 Å². The van der Waals surface area contributed by atoms with Gasteiger partial charge in [-0.25, -0.2) is 13.4 Å². The average molecular weight is 567 g/mol. The number of thiazole rings is 1. The van der Waals surface area contributed by atoms with Crippen molar-refractivity contribution in [3.8, 4) is 0 Å². The summed E-state index contributed by atoms with van der Waals surface area (Å²) in [4.78, 5) is 21.2. The number of halogens is 1. The molecule has 1 aromatic heterocycles. The van der Waals surface area contributed by atoms with Crippen molar-refractivity contribution in [3.05, 3.63) is 44.9 Å². The fourth-order valence-electron chi connectivity index (χ4n) is 6.80. The molecule has 3 aliphatic rings.